The maximum atomic E-state index is 11.3. The van der Waals surface area contributed by atoms with Crippen molar-refractivity contribution in [1.82, 2.24) is 5.43 Å². The molecule has 1 N–H and O–H groups in total. The molecule has 0 saturated heterocycles. The maximum Gasteiger partial charge on any atom is 0.240 e. The lowest BCUT2D eigenvalue weighted by molar-refractivity contribution is -0.121. The van der Waals surface area contributed by atoms with Gasteiger partial charge in [-0.1, -0.05) is 41.9 Å². The quantitative estimate of drug-likeness (QED) is 0.670. The van der Waals surface area contributed by atoms with E-state index in [0.717, 1.165) is 10.0 Å². The lowest BCUT2D eigenvalue weighted by atomic mass is 10.1. The number of hydrazone groups is 1. The Labute approximate surface area is 104 Å². The highest BCUT2D eigenvalue weighted by atomic mass is 79.9. The highest BCUT2D eigenvalue weighted by Crippen LogP contribution is 2.08. The van der Waals surface area contributed by atoms with Crippen LogP contribution in [0, 0.1) is 5.92 Å². The normalized spacial score (nSPS) is 11.0. The summed E-state index contributed by atoms with van der Waals surface area (Å²) in [5.74, 6) is 0.297. The van der Waals surface area contributed by atoms with Crippen LogP contribution < -0.4 is 5.43 Å². The van der Waals surface area contributed by atoms with E-state index in [9.17, 15) is 4.79 Å². The molecular weight excluding hydrogens is 268 g/mol. The molecule has 1 rings (SSSR count). The summed E-state index contributed by atoms with van der Waals surface area (Å²) < 4.78 is 1.02. The van der Waals surface area contributed by atoms with Gasteiger partial charge in [-0.05, 0) is 23.6 Å². The van der Waals surface area contributed by atoms with E-state index in [0.29, 0.717) is 12.3 Å². The monoisotopic (exact) mass is 282 g/mol. The second-order valence-corrected chi connectivity index (χ2v) is 4.86. The predicted molar refractivity (Wildman–Crippen MR) is 69.3 cm³/mol. The smallest absolute Gasteiger partial charge is 0.240 e. The van der Waals surface area contributed by atoms with Crippen molar-refractivity contribution >= 4 is 28.1 Å². The highest BCUT2D eigenvalue weighted by molar-refractivity contribution is 9.10. The largest absolute Gasteiger partial charge is 0.273 e. The molecule has 16 heavy (non-hydrogen) atoms. The van der Waals surface area contributed by atoms with Gasteiger partial charge in [0.2, 0.25) is 5.91 Å². The molecule has 86 valence electrons. The summed E-state index contributed by atoms with van der Waals surface area (Å²) in [5, 5.41) is 3.88. The van der Waals surface area contributed by atoms with Gasteiger partial charge in [0, 0.05) is 10.9 Å². The summed E-state index contributed by atoms with van der Waals surface area (Å²) in [7, 11) is 0. The summed E-state index contributed by atoms with van der Waals surface area (Å²) in [5.41, 5.74) is 3.45. The van der Waals surface area contributed by atoms with Gasteiger partial charge in [-0.2, -0.15) is 5.10 Å². The van der Waals surface area contributed by atoms with Gasteiger partial charge < -0.3 is 0 Å². The molecule has 4 heteroatoms. The molecule has 0 bridgehead atoms. The van der Waals surface area contributed by atoms with Gasteiger partial charge in [0.15, 0.2) is 0 Å². The molecule has 3 nitrogen and oxygen atoms in total. The molecule has 0 atom stereocenters. The van der Waals surface area contributed by atoms with E-state index in [4.69, 9.17) is 0 Å². The minimum atomic E-state index is -0.0524. The fourth-order valence-corrected chi connectivity index (χ4v) is 1.41. The zero-order valence-corrected chi connectivity index (χ0v) is 11.0. The molecule has 0 aromatic heterocycles. The molecule has 0 radical (unpaired) electrons. The maximum absolute atomic E-state index is 11.3. The van der Waals surface area contributed by atoms with Crippen LogP contribution in [0.5, 0.6) is 0 Å². The van der Waals surface area contributed by atoms with Crippen molar-refractivity contribution in [3.05, 3.63) is 34.3 Å². The van der Waals surface area contributed by atoms with Crippen LogP contribution in [0.15, 0.2) is 33.8 Å². The Morgan fingerprint density at radius 3 is 2.62 bits per heavy atom. The summed E-state index contributed by atoms with van der Waals surface area (Å²) in [6.45, 7) is 4.00. The Kier molecular flexibility index (Phi) is 5.19. The van der Waals surface area contributed by atoms with Crippen LogP contribution in [0.2, 0.25) is 0 Å². The number of hydrogen-bond acceptors (Lipinski definition) is 2. The van der Waals surface area contributed by atoms with Crippen molar-refractivity contribution in [2.24, 2.45) is 11.0 Å². The van der Waals surface area contributed by atoms with Gasteiger partial charge in [-0.25, -0.2) is 5.43 Å². The average Bonchev–Trinajstić information content (AvgIpc) is 2.20. The molecule has 0 heterocycles. The van der Waals surface area contributed by atoms with Gasteiger partial charge in [-0.15, -0.1) is 0 Å². The van der Waals surface area contributed by atoms with Crippen molar-refractivity contribution in [2.45, 2.75) is 20.3 Å². The molecule has 0 spiro atoms. The Morgan fingerprint density at radius 2 is 2.06 bits per heavy atom. The van der Waals surface area contributed by atoms with Gasteiger partial charge >= 0.3 is 0 Å². The number of carbonyl (C=O) groups is 1. The van der Waals surface area contributed by atoms with Crippen molar-refractivity contribution < 1.29 is 4.79 Å². The lowest BCUT2D eigenvalue weighted by Gasteiger charge is -2.01. The van der Waals surface area contributed by atoms with Crippen LogP contribution in [-0.4, -0.2) is 12.1 Å². The Morgan fingerprint density at radius 1 is 1.44 bits per heavy atom. The van der Waals surface area contributed by atoms with E-state index in [1.54, 1.807) is 6.21 Å². The van der Waals surface area contributed by atoms with E-state index in [1.165, 1.54) is 0 Å². The third-order valence-electron chi connectivity index (χ3n) is 1.87. The van der Waals surface area contributed by atoms with Crippen molar-refractivity contribution in [3.8, 4) is 0 Å². The van der Waals surface area contributed by atoms with Crippen LogP contribution in [0.25, 0.3) is 0 Å². The number of halogens is 1. The third kappa shape index (κ3) is 5.07. The predicted octanol–water partition coefficient (Wildman–Crippen LogP) is 2.95. The van der Waals surface area contributed by atoms with Crippen LogP contribution >= 0.6 is 15.9 Å². The van der Waals surface area contributed by atoms with Crippen LogP contribution in [0.3, 0.4) is 0 Å². The first kappa shape index (κ1) is 12.9. The fourth-order valence-electron chi connectivity index (χ4n) is 1.14. The number of benzene rings is 1. The number of amides is 1. The van der Waals surface area contributed by atoms with Crippen LogP contribution in [0.1, 0.15) is 25.8 Å². The summed E-state index contributed by atoms with van der Waals surface area (Å²) >= 11 is 3.35. The van der Waals surface area contributed by atoms with E-state index in [2.05, 4.69) is 26.5 Å². The average molecular weight is 283 g/mol. The first-order valence-electron chi connectivity index (χ1n) is 5.15. The molecule has 0 unspecified atom stereocenters. The SMILES string of the molecule is CC(C)CC(=O)N/N=C/c1ccc(Br)cc1. The molecule has 0 fully saturated rings. The molecule has 1 amide bonds. The Bertz CT molecular complexity index is 371. The van der Waals surface area contributed by atoms with Crippen LogP contribution in [-0.2, 0) is 4.79 Å². The van der Waals surface area contributed by atoms with Gasteiger partial charge in [0.1, 0.15) is 0 Å². The zero-order chi connectivity index (χ0) is 12.0. The number of rotatable bonds is 4. The molecule has 0 saturated carbocycles. The first-order chi connectivity index (χ1) is 7.58. The Balaban J connectivity index is 2.43. The number of carbonyl (C=O) groups excluding carboxylic acids is 1. The van der Waals surface area contributed by atoms with E-state index in [1.807, 2.05) is 38.1 Å². The topological polar surface area (TPSA) is 41.5 Å². The Hall–Kier alpha value is -1.16. The second kappa shape index (κ2) is 6.43. The van der Waals surface area contributed by atoms with Crippen molar-refractivity contribution in [1.29, 1.82) is 0 Å². The second-order valence-electron chi connectivity index (χ2n) is 3.94. The minimum absolute atomic E-state index is 0.0524. The lowest BCUT2D eigenvalue weighted by Crippen LogP contribution is -2.19. The van der Waals surface area contributed by atoms with E-state index in [-0.39, 0.29) is 5.91 Å². The molecule has 1 aromatic rings. The molecule has 0 aliphatic heterocycles. The van der Waals surface area contributed by atoms with Gasteiger partial charge in [0.05, 0.1) is 6.21 Å². The number of hydrogen-bond donors (Lipinski definition) is 1. The number of nitrogens with one attached hydrogen (secondary N) is 1. The molecule has 1 aromatic carbocycles. The highest BCUT2D eigenvalue weighted by Gasteiger charge is 2.01. The fraction of sp³-hybridized carbons (Fsp3) is 0.333. The molecule has 0 aliphatic rings. The third-order valence-corrected chi connectivity index (χ3v) is 2.40. The summed E-state index contributed by atoms with van der Waals surface area (Å²) in [6.07, 6.45) is 2.13. The van der Waals surface area contributed by atoms with Crippen molar-refractivity contribution in [2.75, 3.05) is 0 Å². The summed E-state index contributed by atoms with van der Waals surface area (Å²) in [4.78, 5) is 11.3. The minimum Gasteiger partial charge on any atom is -0.273 e. The van der Waals surface area contributed by atoms with Crippen LogP contribution in [0.4, 0.5) is 0 Å². The summed E-state index contributed by atoms with van der Waals surface area (Å²) in [6, 6.07) is 7.69. The van der Waals surface area contributed by atoms with E-state index >= 15 is 0 Å². The van der Waals surface area contributed by atoms with Gasteiger partial charge in [-0.3, -0.25) is 4.79 Å². The number of nitrogens with zero attached hydrogens (tertiary/aromatic N) is 1. The zero-order valence-electron chi connectivity index (χ0n) is 9.40. The first-order valence-corrected chi connectivity index (χ1v) is 5.94. The molecular formula is C12H15BrN2O. The standard InChI is InChI=1S/C12H15BrN2O/c1-9(2)7-12(16)15-14-8-10-3-5-11(13)6-4-10/h3-6,8-9H,7H2,1-2H3,(H,15,16)/b14-8+. The van der Waals surface area contributed by atoms with E-state index < -0.39 is 0 Å². The molecule has 0 aliphatic carbocycles. The van der Waals surface area contributed by atoms with Crippen molar-refractivity contribution in [3.63, 3.8) is 0 Å². The van der Waals surface area contributed by atoms with Gasteiger partial charge in [0.25, 0.3) is 0 Å².